The van der Waals surface area contributed by atoms with Crippen molar-refractivity contribution in [2.24, 2.45) is 0 Å². The lowest BCUT2D eigenvalue weighted by Gasteiger charge is -2.11. The van der Waals surface area contributed by atoms with Crippen LogP contribution in [0.5, 0.6) is 5.75 Å². The molecule has 0 bridgehead atoms. The van der Waals surface area contributed by atoms with Gasteiger partial charge in [0, 0.05) is 0 Å². The standard InChI is InChI=1S/C17H20O/c1-3-4-13(2)14-5-7-15(8-6-14)16-9-11-17(18)12-10-16/h5-13,18H,3-4H2,1-2H3. The summed E-state index contributed by atoms with van der Waals surface area (Å²) in [4.78, 5) is 0. The molecule has 2 rings (SSSR count). The molecule has 0 fully saturated rings. The fourth-order valence-corrected chi connectivity index (χ4v) is 2.26. The molecule has 0 saturated carbocycles. The minimum atomic E-state index is 0.312. The Morgan fingerprint density at radius 3 is 1.89 bits per heavy atom. The molecule has 0 aliphatic heterocycles. The van der Waals surface area contributed by atoms with Crippen LogP contribution in [0.25, 0.3) is 11.1 Å². The maximum Gasteiger partial charge on any atom is 0.115 e. The van der Waals surface area contributed by atoms with E-state index < -0.39 is 0 Å². The van der Waals surface area contributed by atoms with Crippen LogP contribution in [-0.2, 0) is 0 Å². The van der Waals surface area contributed by atoms with Gasteiger partial charge in [0.25, 0.3) is 0 Å². The average Bonchev–Trinajstić information content (AvgIpc) is 2.40. The summed E-state index contributed by atoms with van der Waals surface area (Å²) in [5.74, 6) is 0.941. The minimum absolute atomic E-state index is 0.312. The Balaban J connectivity index is 2.19. The van der Waals surface area contributed by atoms with Crippen molar-refractivity contribution in [2.45, 2.75) is 32.6 Å². The van der Waals surface area contributed by atoms with Crippen LogP contribution in [0.2, 0.25) is 0 Å². The summed E-state index contributed by atoms with van der Waals surface area (Å²) < 4.78 is 0. The second-order valence-electron chi connectivity index (χ2n) is 4.86. The first kappa shape index (κ1) is 12.7. The van der Waals surface area contributed by atoms with Crippen LogP contribution in [-0.4, -0.2) is 5.11 Å². The molecular formula is C17H20O. The normalized spacial score (nSPS) is 12.3. The van der Waals surface area contributed by atoms with Crippen molar-refractivity contribution < 1.29 is 5.11 Å². The highest BCUT2D eigenvalue weighted by Crippen LogP contribution is 2.26. The zero-order valence-electron chi connectivity index (χ0n) is 11.1. The van der Waals surface area contributed by atoms with Crippen LogP contribution in [0.4, 0.5) is 0 Å². The van der Waals surface area contributed by atoms with Crippen LogP contribution in [0.3, 0.4) is 0 Å². The molecule has 1 atom stereocenters. The first-order valence-corrected chi connectivity index (χ1v) is 6.60. The molecule has 2 aromatic carbocycles. The highest BCUT2D eigenvalue weighted by atomic mass is 16.3. The number of phenolic OH excluding ortho intramolecular Hbond substituents is 1. The van der Waals surface area contributed by atoms with Gasteiger partial charge in [0.15, 0.2) is 0 Å². The van der Waals surface area contributed by atoms with E-state index in [0.717, 1.165) is 5.56 Å². The molecule has 0 amide bonds. The zero-order valence-corrected chi connectivity index (χ0v) is 11.1. The molecule has 0 aliphatic carbocycles. The fraction of sp³-hybridized carbons (Fsp3) is 0.294. The Kier molecular flexibility index (Phi) is 4.03. The first-order valence-electron chi connectivity index (χ1n) is 6.60. The smallest absolute Gasteiger partial charge is 0.115 e. The van der Waals surface area contributed by atoms with Crippen LogP contribution in [0.15, 0.2) is 48.5 Å². The lowest BCUT2D eigenvalue weighted by molar-refractivity contribution is 0.475. The van der Waals surface area contributed by atoms with Crippen LogP contribution in [0.1, 0.15) is 38.2 Å². The van der Waals surface area contributed by atoms with E-state index in [2.05, 4.69) is 38.1 Å². The van der Waals surface area contributed by atoms with E-state index in [1.807, 2.05) is 12.1 Å². The Labute approximate surface area is 109 Å². The van der Waals surface area contributed by atoms with Gasteiger partial charge in [-0.25, -0.2) is 0 Å². The summed E-state index contributed by atoms with van der Waals surface area (Å²) in [6.07, 6.45) is 2.46. The van der Waals surface area contributed by atoms with E-state index in [-0.39, 0.29) is 0 Å². The van der Waals surface area contributed by atoms with Crippen LogP contribution < -0.4 is 0 Å². The lowest BCUT2D eigenvalue weighted by atomic mass is 9.94. The average molecular weight is 240 g/mol. The van der Waals surface area contributed by atoms with Crippen molar-refractivity contribution in [1.82, 2.24) is 0 Å². The Hall–Kier alpha value is -1.76. The third kappa shape index (κ3) is 2.92. The van der Waals surface area contributed by atoms with E-state index >= 15 is 0 Å². The maximum atomic E-state index is 9.28. The molecule has 0 saturated heterocycles. The van der Waals surface area contributed by atoms with Crippen molar-refractivity contribution in [3.8, 4) is 16.9 Å². The monoisotopic (exact) mass is 240 g/mol. The lowest BCUT2D eigenvalue weighted by Crippen LogP contribution is -1.92. The largest absolute Gasteiger partial charge is 0.508 e. The van der Waals surface area contributed by atoms with Gasteiger partial charge in [-0.2, -0.15) is 0 Å². The van der Waals surface area contributed by atoms with Crippen molar-refractivity contribution in [1.29, 1.82) is 0 Å². The van der Waals surface area contributed by atoms with Gasteiger partial charge >= 0.3 is 0 Å². The summed E-state index contributed by atoms with van der Waals surface area (Å²) in [6, 6.07) is 16.1. The molecular weight excluding hydrogens is 220 g/mol. The summed E-state index contributed by atoms with van der Waals surface area (Å²) in [6.45, 7) is 4.50. The molecule has 1 heteroatoms. The minimum Gasteiger partial charge on any atom is -0.508 e. The van der Waals surface area contributed by atoms with Gasteiger partial charge in [-0.05, 0) is 41.2 Å². The highest BCUT2D eigenvalue weighted by Gasteiger charge is 2.04. The van der Waals surface area contributed by atoms with E-state index in [9.17, 15) is 5.11 Å². The van der Waals surface area contributed by atoms with Crippen LogP contribution in [0, 0.1) is 0 Å². The van der Waals surface area contributed by atoms with E-state index in [1.165, 1.54) is 24.0 Å². The Morgan fingerprint density at radius 2 is 1.39 bits per heavy atom. The summed E-state index contributed by atoms with van der Waals surface area (Å²) in [7, 11) is 0. The second kappa shape index (κ2) is 5.72. The van der Waals surface area contributed by atoms with Crippen LogP contribution >= 0.6 is 0 Å². The van der Waals surface area contributed by atoms with E-state index in [1.54, 1.807) is 12.1 Å². The summed E-state index contributed by atoms with van der Waals surface area (Å²) in [5.41, 5.74) is 3.74. The molecule has 0 aromatic heterocycles. The molecule has 0 radical (unpaired) electrons. The van der Waals surface area contributed by atoms with E-state index in [4.69, 9.17) is 0 Å². The third-order valence-electron chi connectivity index (χ3n) is 3.40. The fourth-order valence-electron chi connectivity index (χ4n) is 2.26. The number of phenols is 1. The van der Waals surface area contributed by atoms with Gasteiger partial charge < -0.3 is 5.11 Å². The van der Waals surface area contributed by atoms with Gasteiger partial charge in [-0.3, -0.25) is 0 Å². The molecule has 0 heterocycles. The van der Waals surface area contributed by atoms with E-state index in [0.29, 0.717) is 11.7 Å². The van der Waals surface area contributed by atoms with Crippen molar-refractivity contribution in [3.63, 3.8) is 0 Å². The van der Waals surface area contributed by atoms with Gasteiger partial charge in [-0.15, -0.1) is 0 Å². The topological polar surface area (TPSA) is 20.2 Å². The van der Waals surface area contributed by atoms with Crippen molar-refractivity contribution in [2.75, 3.05) is 0 Å². The second-order valence-corrected chi connectivity index (χ2v) is 4.86. The maximum absolute atomic E-state index is 9.28. The quantitative estimate of drug-likeness (QED) is 0.800. The Morgan fingerprint density at radius 1 is 0.889 bits per heavy atom. The van der Waals surface area contributed by atoms with Gasteiger partial charge in [0.2, 0.25) is 0 Å². The predicted molar refractivity (Wildman–Crippen MR) is 76.9 cm³/mol. The van der Waals surface area contributed by atoms with Gasteiger partial charge in [-0.1, -0.05) is 56.7 Å². The molecule has 18 heavy (non-hydrogen) atoms. The molecule has 2 aromatic rings. The predicted octanol–water partition coefficient (Wildman–Crippen LogP) is 4.96. The number of hydrogen-bond donors (Lipinski definition) is 1. The molecule has 0 aliphatic rings. The summed E-state index contributed by atoms with van der Waals surface area (Å²) >= 11 is 0. The zero-order chi connectivity index (χ0) is 13.0. The van der Waals surface area contributed by atoms with Crippen molar-refractivity contribution >= 4 is 0 Å². The highest BCUT2D eigenvalue weighted by molar-refractivity contribution is 5.64. The number of benzene rings is 2. The number of hydrogen-bond acceptors (Lipinski definition) is 1. The number of aromatic hydroxyl groups is 1. The van der Waals surface area contributed by atoms with Gasteiger partial charge in [0.05, 0.1) is 0 Å². The summed E-state index contributed by atoms with van der Waals surface area (Å²) in [5, 5.41) is 9.28. The SMILES string of the molecule is CCCC(C)c1ccc(-c2ccc(O)cc2)cc1. The molecule has 1 nitrogen and oxygen atoms in total. The molecule has 94 valence electrons. The Bertz CT molecular complexity index is 482. The first-order chi connectivity index (χ1) is 8.70. The van der Waals surface area contributed by atoms with Gasteiger partial charge in [0.1, 0.15) is 5.75 Å². The molecule has 1 N–H and O–H groups in total. The molecule has 1 unspecified atom stereocenters. The molecule has 0 spiro atoms. The number of rotatable bonds is 4. The third-order valence-corrected chi connectivity index (χ3v) is 3.40. The van der Waals surface area contributed by atoms with Crippen molar-refractivity contribution in [3.05, 3.63) is 54.1 Å².